The van der Waals surface area contributed by atoms with Gasteiger partial charge in [-0.3, -0.25) is 14.5 Å². The van der Waals surface area contributed by atoms with Crippen LogP contribution < -0.4 is 9.64 Å². The molecule has 4 aromatic rings. The normalized spacial score (nSPS) is 17.2. The van der Waals surface area contributed by atoms with E-state index >= 15 is 0 Å². The fraction of sp³-hybridized carbons (Fsp3) is 0.200. The summed E-state index contributed by atoms with van der Waals surface area (Å²) in [7, 11) is 0. The summed E-state index contributed by atoms with van der Waals surface area (Å²) in [6.45, 7) is 6.50. The van der Waals surface area contributed by atoms with Crippen LogP contribution in [0.1, 0.15) is 36.7 Å². The van der Waals surface area contributed by atoms with Gasteiger partial charge in [-0.25, -0.2) is 0 Å². The average molecular weight is 515 g/mol. The SMILES string of the molecule is Cc1[nH]c2ccccc2c1C1/C(=C(\O)c2cccc(OCC(C)C)c2)C(=O)C(=O)N1c1cccc(Cl)c1. The number of aliphatic hydroxyl groups is 1. The van der Waals surface area contributed by atoms with E-state index in [2.05, 4.69) is 4.98 Å². The molecular weight excluding hydrogens is 488 g/mol. The number of rotatable bonds is 6. The summed E-state index contributed by atoms with van der Waals surface area (Å²) in [6, 6.07) is 20.6. The minimum atomic E-state index is -0.866. The largest absolute Gasteiger partial charge is 0.507 e. The number of nitrogens with zero attached hydrogens (tertiary/aromatic N) is 1. The zero-order valence-electron chi connectivity index (χ0n) is 20.8. The average Bonchev–Trinajstić information content (AvgIpc) is 3.34. The van der Waals surface area contributed by atoms with Crippen molar-refractivity contribution in [2.45, 2.75) is 26.8 Å². The summed E-state index contributed by atoms with van der Waals surface area (Å²) in [5.41, 5.74) is 3.28. The van der Waals surface area contributed by atoms with Gasteiger partial charge in [0.1, 0.15) is 11.5 Å². The topological polar surface area (TPSA) is 82.6 Å². The van der Waals surface area contributed by atoms with Crippen LogP contribution >= 0.6 is 11.6 Å². The number of para-hydroxylation sites is 1. The van der Waals surface area contributed by atoms with E-state index in [4.69, 9.17) is 16.3 Å². The van der Waals surface area contributed by atoms with E-state index in [0.29, 0.717) is 34.5 Å². The standard InChI is InChI=1S/C30H27ClN2O4/c1-17(2)16-37-22-11-6-8-19(14-22)28(34)26-27(25-18(3)32-24-13-5-4-12-23(24)25)33(30(36)29(26)35)21-10-7-9-20(31)15-21/h4-15,17,27,32,34H,16H2,1-3H3/b28-26+. The molecule has 1 aromatic heterocycles. The van der Waals surface area contributed by atoms with Crippen molar-refractivity contribution in [3.63, 3.8) is 0 Å². The molecular formula is C30H27ClN2O4. The molecule has 0 saturated carbocycles. The number of nitrogens with one attached hydrogen (secondary N) is 1. The highest BCUT2D eigenvalue weighted by Crippen LogP contribution is 2.46. The Labute approximate surface area is 220 Å². The Kier molecular flexibility index (Phi) is 6.52. The molecule has 37 heavy (non-hydrogen) atoms. The number of amides is 1. The maximum Gasteiger partial charge on any atom is 0.300 e. The second-order valence-electron chi connectivity index (χ2n) is 9.59. The number of H-pyrrole nitrogens is 1. The van der Waals surface area contributed by atoms with Crippen LogP contribution in [0.2, 0.25) is 5.02 Å². The van der Waals surface area contributed by atoms with E-state index < -0.39 is 17.7 Å². The van der Waals surface area contributed by atoms with Crippen LogP contribution in [0.5, 0.6) is 5.75 Å². The van der Waals surface area contributed by atoms with Gasteiger partial charge in [0, 0.05) is 38.4 Å². The number of aromatic nitrogens is 1. The molecule has 1 aliphatic rings. The van der Waals surface area contributed by atoms with Crippen molar-refractivity contribution in [2.75, 3.05) is 11.5 Å². The smallest absolute Gasteiger partial charge is 0.300 e. The van der Waals surface area contributed by atoms with E-state index in [1.54, 1.807) is 48.5 Å². The third-order valence-electron chi connectivity index (χ3n) is 6.44. The van der Waals surface area contributed by atoms with Crippen LogP contribution in [0.25, 0.3) is 16.7 Å². The molecule has 0 radical (unpaired) electrons. The van der Waals surface area contributed by atoms with Crippen LogP contribution in [-0.4, -0.2) is 28.4 Å². The van der Waals surface area contributed by atoms with Gasteiger partial charge in [-0.05, 0) is 49.2 Å². The zero-order chi connectivity index (χ0) is 26.3. The summed E-state index contributed by atoms with van der Waals surface area (Å²) in [4.78, 5) is 31.8. The van der Waals surface area contributed by atoms with E-state index in [1.807, 2.05) is 45.0 Å². The first-order valence-corrected chi connectivity index (χ1v) is 12.5. The summed E-state index contributed by atoms with van der Waals surface area (Å²) in [5, 5.41) is 12.8. The third kappa shape index (κ3) is 4.49. The molecule has 2 heterocycles. The van der Waals surface area contributed by atoms with E-state index in [0.717, 1.165) is 22.2 Å². The highest BCUT2D eigenvalue weighted by Gasteiger charge is 2.48. The van der Waals surface area contributed by atoms with Crippen molar-refractivity contribution in [1.82, 2.24) is 4.98 Å². The van der Waals surface area contributed by atoms with E-state index in [9.17, 15) is 14.7 Å². The van der Waals surface area contributed by atoms with Gasteiger partial charge in [0.05, 0.1) is 18.2 Å². The summed E-state index contributed by atoms with van der Waals surface area (Å²) < 4.78 is 5.83. The number of halogens is 1. The summed E-state index contributed by atoms with van der Waals surface area (Å²) in [6.07, 6.45) is 0. The number of benzene rings is 3. The molecule has 1 amide bonds. The first kappa shape index (κ1) is 24.7. The number of carbonyl (C=O) groups excluding carboxylic acids is 2. The van der Waals surface area contributed by atoms with Gasteiger partial charge in [-0.2, -0.15) is 0 Å². The predicted molar refractivity (Wildman–Crippen MR) is 146 cm³/mol. The minimum Gasteiger partial charge on any atom is -0.507 e. The molecule has 0 aliphatic carbocycles. The van der Waals surface area contributed by atoms with Gasteiger partial charge in [0.25, 0.3) is 11.7 Å². The number of aromatic amines is 1. The van der Waals surface area contributed by atoms with Crippen molar-refractivity contribution in [3.8, 4) is 5.75 Å². The van der Waals surface area contributed by atoms with Crippen LogP contribution in [0.4, 0.5) is 5.69 Å². The molecule has 1 unspecified atom stereocenters. The summed E-state index contributed by atoms with van der Waals surface area (Å²) >= 11 is 6.27. The lowest BCUT2D eigenvalue weighted by Crippen LogP contribution is -2.29. The molecule has 1 aliphatic heterocycles. The zero-order valence-corrected chi connectivity index (χ0v) is 21.5. The Hall–Kier alpha value is -4.03. The first-order valence-electron chi connectivity index (χ1n) is 12.1. The van der Waals surface area contributed by atoms with E-state index in [1.165, 1.54) is 4.90 Å². The lowest BCUT2D eigenvalue weighted by Gasteiger charge is -2.26. The van der Waals surface area contributed by atoms with Crippen molar-refractivity contribution in [2.24, 2.45) is 5.92 Å². The summed E-state index contributed by atoms with van der Waals surface area (Å²) in [5.74, 6) is -0.856. The van der Waals surface area contributed by atoms with Crippen molar-refractivity contribution in [1.29, 1.82) is 0 Å². The highest BCUT2D eigenvalue weighted by molar-refractivity contribution is 6.52. The quantitative estimate of drug-likeness (QED) is 0.168. The van der Waals surface area contributed by atoms with Crippen LogP contribution in [0.3, 0.4) is 0 Å². The van der Waals surface area contributed by atoms with Crippen LogP contribution in [0, 0.1) is 12.8 Å². The lowest BCUT2D eigenvalue weighted by atomic mass is 9.93. The monoisotopic (exact) mass is 514 g/mol. The number of hydrogen-bond acceptors (Lipinski definition) is 4. The number of hydrogen-bond donors (Lipinski definition) is 2. The van der Waals surface area contributed by atoms with Gasteiger partial charge in [0.15, 0.2) is 0 Å². The molecule has 0 bridgehead atoms. The maximum atomic E-state index is 13.6. The van der Waals surface area contributed by atoms with Crippen molar-refractivity contribution >= 4 is 45.6 Å². The Morgan fingerprint density at radius 1 is 1.05 bits per heavy atom. The van der Waals surface area contributed by atoms with Crippen molar-refractivity contribution in [3.05, 3.63) is 100 Å². The Bertz CT molecular complexity index is 1550. The van der Waals surface area contributed by atoms with Gasteiger partial charge in [-0.1, -0.05) is 61.8 Å². The Balaban J connectivity index is 1.74. The van der Waals surface area contributed by atoms with E-state index in [-0.39, 0.29) is 11.3 Å². The second kappa shape index (κ2) is 9.79. The van der Waals surface area contributed by atoms with Gasteiger partial charge < -0.3 is 14.8 Å². The maximum absolute atomic E-state index is 13.6. The molecule has 3 aromatic carbocycles. The molecule has 1 saturated heterocycles. The number of Topliss-reactive ketones (excluding diaryl/α,β-unsaturated/α-hetero) is 1. The Morgan fingerprint density at radius 2 is 1.81 bits per heavy atom. The fourth-order valence-corrected chi connectivity index (χ4v) is 4.98. The second-order valence-corrected chi connectivity index (χ2v) is 10.0. The van der Waals surface area contributed by atoms with Crippen LogP contribution in [-0.2, 0) is 9.59 Å². The van der Waals surface area contributed by atoms with Gasteiger partial charge in [0.2, 0.25) is 0 Å². The van der Waals surface area contributed by atoms with Crippen molar-refractivity contribution < 1.29 is 19.4 Å². The molecule has 6 nitrogen and oxygen atoms in total. The number of anilines is 1. The molecule has 7 heteroatoms. The Morgan fingerprint density at radius 3 is 2.57 bits per heavy atom. The molecule has 188 valence electrons. The number of aliphatic hydroxyl groups excluding tert-OH is 1. The number of carbonyl (C=O) groups is 2. The molecule has 2 N–H and O–H groups in total. The van der Waals surface area contributed by atoms with Gasteiger partial charge in [-0.15, -0.1) is 0 Å². The lowest BCUT2D eigenvalue weighted by molar-refractivity contribution is -0.132. The number of ether oxygens (including phenoxy) is 1. The first-order chi connectivity index (χ1) is 17.8. The third-order valence-corrected chi connectivity index (χ3v) is 6.67. The van der Waals surface area contributed by atoms with Gasteiger partial charge >= 0.3 is 0 Å². The molecule has 5 rings (SSSR count). The van der Waals surface area contributed by atoms with Crippen LogP contribution in [0.15, 0.2) is 78.4 Å². The number of ketones is 1. The minimum absolute atomic E-state index is 0.0128. The molecule has 0 spiro atoms. The molecule has 1 fully saturated rings. The number of fused-ring (bicyclic) bond motifs is 1. The fourth-order valence-electron chi connectivity index (χ4n) is 4.80. The number of aryl methyl sites for hydroxylation is 1. The predicted octanol–water partition coefficient (Wildman–Crippen LogP) is 6.79. The highest BCUT2D eigenvalue weighted by atomic mass is 35.5. The molecule has 1 atom stereocenters.